The molecule has 4 nitrogen and oxygen atoms in total. The van der Waals surface area contributed by atoms with E-state index < -0.39 is 0 Å². The summed E-state index contributed by atoms with van der Waals surface area (Å²) in [6, 6.07) is 5.29. The van der Waals surface area contributed by atoms with Gasteiger partial charge in [-0.25, -0.2) is 10.5 Å². The molecular weight excluding hydrogens is 297 g/mol. The van der Waals surface area contributed by atoms with E-state index in [4.69, 9.17) is 28.0 Å². The van der Waals surface area contributed by atoms with E-state index in [1.54, 1.807) is 41.5 Å². The van der Waals surface area contributed by atoms with Crippen molar-refractivity contribution in [3.63, 3.8) is 0 Å². The number of aromatic nitrogens is 2. The van der Waals surface area contributed by atoms with Crippen LogP contribution in [0.1, 0.15) is 5.56 Å². The molecular formula is C14H13Cl2N3O. The molecule has 0 unspecified atom stereocenters. The van der Waals surface area contributed by atoms with Crippen LogP contribution in [0.25, 0.3) is 11.9 Å². The molecule has 2 aromatic rings. The van der Waals surface area contributed by atoms with Crippen LogP contribution in [0.4, 0.5) is 0 Å². The zero-order valence-corrected chi connectivity index (χ0v) is 12.1. The molecule has 2 rings (SSSR count). The molecule has 0 fully saturated rings. The van der Waals surface area contributed by atoms with Crippen LogP contribution in [-0.2, 0) is 4.84 Å². The van der Waals surface area contributed by atoms with Crippen LogP contribution in [0.3, 0.4) is 0 Å². The number of hydroxylamine groups is 1. The number of hydrogen-bond acceptors (Lipinski definition) is 3. The predicted molar refractivity (Wildman–Crippen MR) is 82.1 cm³/mol. The molecule has 1 aromatic heterocycles. The smallest absolute Gasteiger partial charge is 0.136 e. The summed E-state index contributed by atoms with van der Waals surface area (Å²) in [5.41, 5.74) is 3.65. The quantitative estimate of drug-likeness (QED) is 0.500. The van der Waals surface area contributed by atoms with Crippen molar-refractivity contribution in [3.05, 3.63) is 65.2 Å². The Morgan fingerprint density at radius 1 is 1.45 bits per heavy atom. The van der Waals surface area contributed by atoms with E-state index in [0.29, 0.717) is 22.5 Å². The predicted octanol–water partition coefficient (Wildman–Crippen LogP) is 3.85. The minimum absolute atomic E-state index is 0.375. The maximum Gasteiger partial charge on any atom is 0.136 e. The van der Waals surface area contributed by atoms with Gasteiger partial charge in [0.15, 0.2) is 0 Å². The lowest BCUT2D eigenvalue weighted by Crippen LogP contribution is -2.17. The number of nitrogens with one attached hydrogen (secondary N) is 1. The van der Waals surface area contributed by atoms with Gasteiger partial charge in [-0.1, -0.05) is 35.3 Å². The highest BCUT2D eigenvalue weighted by Gasteiger charge is 2.04. The van der Waals surface area contributed by atoms with E-state index in [1.165, 1.54) is 0 Å². The Kier molecular flexibility index (Phi) is 5.24. The first-order chi connectivity index (χ1) is 9.70. The van der Waals surface area contributed by atoms with Gasteiger partial charge in [-0.05, 0) is 23.8 Å². The van der Waals surface area contributed by atoms with Crippen LogP contribution in [-0.4, -0.2) is 16.2 Å². The number of imidazole rings is 1. The van der Waals surface area contributed by atoms with E-state index >= 15 is 0 Å². The summed E-state index contributed by atoms with van der Waals surface area (Å²) in [4.78, 5) is 9.25. The van der Waals surface area contributed by atoms with Gasteiger partial charge in [0.1, 0.15) is 12.1 Å². The van der Waals surface area contributed by atoms with E-state index in [2.05, 4.69) is 17.0 Å². The van der Waals surface area contributed by atoms with Crippen molar-refractivity contribution in [2.75, 3.05) is 6.61 Å². The Balaban J connectivity index is 2.29. The van der Waals surface area contributed by atoms with Gasteiger partial charge in [0.05, 0.1) is 6.61 Å². The zero-order valence-electron chi connectivity index (χ0n) is 10.6. The number of hydrogen-bond donors (Lipinski definition) is 1. The molecule has 1 aromatic carbocycles. The third-order valence-corrected chi connectivity index (χ3v) is 2.98. The second-order valence-corrected chi connectivity index (χ2v) is 4.71. The first-order valence-electron chi connectivity index (χ1n) is 5.84. The fraction of sp³-hybridized carbons (Fsp3) is 0.0714. The van der Waals surface area contributed by atoms with Gasteiger partial charge < -0.3 is 0 Å². The van der Waals surface area contributed by atoms with E-state index in [0.717, 1.165) is 5.56 Å². The molecule has 0 amide bonds. The average molecular weight is 310 g/mol. The molecule has 0 saturated heterocycles. The molecule has 20 heavy (non-hydrogen) atoms. The summed E-state index contributed by atoms with van der Waals surface area (Å²) in [7, 11) is 0. The minimum atomic E-state index is 0.375. The summed E-state index contributed by atoms with van der Waals surface area (Å²) in [5, 5.41) is 1.15. The highest BCUT2D eigenvalue weighted by molar-refractivity contribution is 6.35. The van der Waals surface area contributed by atoms with Crippen LogP contribution in [0.2, 0.25) is 10.0 Å². The van der Waals surface area contributed by atoms with Gasteiger partial charge in [0, 0.05) is 22.4 Å². The molecule has 0 aliphatic rings. The van der Waals surface area contributed by atoms with Crippen LogP contribution in [0.15, 0.2) is 49.6 Å². The SMILES string of the molecule is C=CCONC(=Cc1ccc(Cl)cc1Cl)n1ccnc1. The highest BCUT2D eigenvalue weighted by Crippen LogP contribution is 2.23. The van der Waals surface area contributed by atoms with Gasteiger partial charge in [0.2, 0.25) is 0 Å². The number of nitrogens with zero attached hydrogens (tertiary/aromatic N) is 2. The molecule has 0 bridgehead atoms. The maximum atomic E-state index is 6.16. The summed E-state index contributed by atoms with van der Waals surface area (Å²) in [6.07, 6.45) is 8.60. The van der Waals surface area contributed by atoms with Gasteiger partial charge in [-0.3, -0.25) is 9.40 Å². The molecule has 6 heteroatoms. The van der Waals surface area contributed by atoms with Crippen LogP contribution >= 0.6 is 23.2 Å². The topological polar surface area (TPSA) is 39.1 Å². The van der Waals surface area contributed by atoms with E-state index in [-0.39, 0.29) is 0 Å². The number of benzene rings is 1. The number of halogens is 2. The summed E-state index contributed by atoms with van der Waals surface area (Å²) < 4.78 is 1.77. The third kappa shape index (κ3) is 3.87. The third-order valence-electron chi connectivity index (χ3n) is 2.42. The molecule has 0 spiro atoms. The fourth-order valence-corrected chi connectivity index (χ4v) is 1.96. The van der Waals surface area contributed by atoms with Crippen molar-refractivity contribution >= 4 is 35.1 Å². The minimum Gasteiger partial charge on any atom is -0.291 e. The first-order valence-corrected chi connectivity index (χ1v) is 6.60. The molecule has 1 heterocycles. The lowest BCUT2D eigenvalue weighted by Gasteiger charge is -2.11. The van der Waals surface area contributed by atoms with Crippen molar-refractivity contribution in [3.8, 4) is 0 Å². The molecule has 0 saturated carbocycles. The lowest BCUT2D eigenvalue weighted by atomic mass is 10.2. The Labute approximate surface area is 127 Å². The van der Waals surface area contributed by atoms with Gasteiger partial charge in [-0.2, -0.15) is 0 Å². The molecule has 0 atom stereocenters. The second-order valence-electron chi connectivity index (χ2n) is 3.87. The average Bonchev–Trinajstić information content (AvgIpc) is 2.94. The Hall–Kier alpha value is -1.75. The molecule has 1 N–H and O–H groups in total. The molecule has 0 aliphatic carbocycles. The molecule has 104 valence electrons. The first kappa shape index (κ1) is 14.7. The highest BCUT2D eigenvalue weighted by atomic mass is 35.5. The lowest BCUT2D eigenvalue weighted by molar-refractivity contribution is 0.0997. The van der Waals surface area contributed by atoms with Crippen molar-refractivity contribution < 1.29 is 4.84 Å². The monoisotopic (exact) mass is 309 g/mol. The largest absolute Gasteiger partial charge is 0.291 e. The van der Waals surface area contributed by atoms with E-state index in [9.17, 15) is 0 Å². The van der Waals surface area contributed by atoms with Crippen LogP contribution in [0, 0.1) is 0 Å². The van der Waals surface area contributed by atoms with Gasteiger partial charge in [0.25, 0.3) is 0 Å². The summed E-state index contributed by atoms with van der Waals surface area (Å²) >= 11 is 12.0. The molecule has 0 aliphatic heterocycles. The Morgan fingerprint density at radius 3 is 2.95 bits per heavy atom. The summed E-state index contributed by atoms with van der Waals surface area (Å²) in [5.74, 6) is 0.675. The zero-order chi connectivity index (χ0) is 14.4. The fourth-order valence-electron chi connectivity index (χ4n) is 1.50. The van der Waals surface area contributed by atoms with Crippen molar-refractivity contribution in [2.45, 2.75) is 0 Å². The second kappa shape index (κ2) is 7.14. The maximum absolute atomic E-state index is 6.16. The van der Waals surface area contributed by atoms with Crippen LogP contribution in [0.5, 0.6) is 0 Å². The van der Waals surface area contributed by atoms with Gasteiger partial charge >= 0.3 is 0 Å². The summed E-state index contributed by atoms with van der Waals surface area (Å²) in [6.45, 7) is 3.96. The standard InChI is InChI=1S/C14H13Cl2N3O/c1-2-7-20-18-14(19-6-5-17-10-19)8-11-3-4-12(15)9-13(11)16/h2-6,8-10,18H,1,7H2. The van der Waals surface area contributed by atoms with E-state index in [1.807, 2.05) is 12.1 Å². The van der Waals surface area contributed by atoms with Crippen molar-refractivity contribution in [1.29, 1.82) is 0 Å². The number of rotatable bonds is 6. The van der Waals surface area contributed by atoms with Crippen molar-refractivity contribution in [1.82, 2.24) is 15.0 Å². The van der Waals surface area contributed by atoms with Crippen LogP contribution < -0.4 is 5.48 Å². The normalized spacial score (nSPS) is 11.4. The van der Waals surface area contributed by atoms with Crippen molar-refractivity contribution in [2.24, 2.45) is 0 Å². The Morgan fingerprint density at radius 2 is 2.30 bits per heavy atom. The van der Waals surface area contributed by atoms with Gasteiger partial charge in [-0.15, -0.1) is 6.58 Å². The molecule has 0 radical (unpaired) electrons. The Bertz CT molecular complexity index is 609.